The first-order valence-electron chi connectivity index (χ1n) is 3.87. The average molecular weight is 212 g/mol. The van der Waals surface area contributed by atoms with E-state index in [4.69, 9.17) is 16.4 Å². The van der Waals surface area contributed by atoms with E-state index in [0.29, 0.717) is 10.9 Å². The smallest absolute Gasteiger partial charge is 0.314 e. The molecule has 0 fully saturated rings. The summed E-state index contributed by atoms with van der Waals surface area (Å²) < 4.78 is 0. The summed E-state index contributed by atoms with van der Waals surface area (Å²) in [5.74, 6) is 0. The van der Waals surface area contributed by atoms with Gasteiger partial charge in [-0.25, -0.2) is 0 Å². The minimum atomic E-state index is -0.365. The van der Waals surface area contributed by atoms with Gasteiger partial charge in [0.25, 0.3) is 0 Å². The highest BCUT2D eigenvalue weighted by Crippen LogP contribution is 2.02. The Balaban J connectivity index is 2.69. The van der Waals surface area contributed by atoms with E-state index in [-0.39, 0.29) is 11.6 Å². The highest BCUT2D eigenvalue weighted by atomic mass is 35.5. The Kier molecular flexibility index (Phi) is 2.32. The SMILES string of the molecule is O=c1c2ccccc2nnn1OCCl. The molecule has 72 valence electrons. The van der Waals surface area contributed by atoms with Crippen LogP contribution in [0.1, 0.15) is 0 Å². The highest BCUT2D eigenvalue weighted by Gasteiger charge is 2.04. The maximum absolute atomic E-state index is 11.6. The van der Waals surface area contributed by atoms with Crippen LogP contribution in [-0.2, 0) is 0 Å². The van der Waals surface area contributed by atoms with Gasteiger partial charge in [-0.3, -0.25) is 4.79 Å². The zero-order valence-electron chi connectivity index (χ0n) is 7.05. The molecule has 1 heterocycles. The zero-order valence-corrected chi connectivity index (χ0v) is 7.81. The van der Waals surface area contributed by atoms with E-state index in [1.54, 1.807) is 24.3 Å². The Morgan fingerprint density at radius 2 is 2.21 bits per heavy atom. The van der Waals surface area contributed by atoms with Crippen LogP contribution >= 0.6 is 11.6 Å². The van der Waals surface area contributed by atoms with E-state index in [0.717, 1.165) is 4.85 Å². The maximum Gasteiger partial charge on any atom is 0.314 e. The lowest BCUT2D eigenvalue weighted by atomic mass is 10.2. The number of fused-ring (bicyclic) bond motifs is 1. The fourth-order valence-electron chi connectivity index (χ4n) is 1.10. The molecule has 0 bridgehead atoms. The molecule has 0 saturated carbocycles. The third-order valence-corrected chi connectivity index (χ3v) is 1.81. The zero-order chi connectivity index (χ0) is 9.97. The first-order chi connectivity index (χ1) is 6.83. The van der Waals surface area contributed by atoms with E-state index >= 15 is 0 Å². The Bertz CT molecular complexity index is 511. The average Bonchev–Trinajstić information content (AvgIpc) is 2.23. The largest absolute Gasteiger partial charge is 0.376 e. The van der Waals surface area contributed by atoms with Gasteiger partial charge in [0.15, 0.2) is 6.07 Å². The number of benzene rings is 1. The predicted molar refractivity (Wildman–Crippen MR) is 51.1 cm³/mol. The standard InChI is InChI=1S/C8H6ClN3O2/c9-5-14-12-8(13)6-3-1-2-4-7(6)10-11-12/h1-4H,5H2. The fourth-order valence-corrected chi connectivity index (χ4v) is 1.20. The van der Waals surface area contributed by atoms with Crippen molar-refractivity contribution in [3.05, 3.63) is 34.6 Å². The summed E-state index contributed by atoms with van der Waals surface area (Å²) in [4.78, 5) is 17.1. The lowest BCUT2D eigenvalue weighted by molar-refractivity contribution is 0.100. The van der Waals surface area contributed by atoms with E-state index in [1.165, 1.54) is 0 Å². The van der Waals surface area contributed by atoms with E-state index in [2.05, 4.69) is 10.3 Å². The minimum Gasteiger partial charge on any atom is -0.376 e. The van der Waals surface area contributed by atoms with Crippen molar-refractivity contribution in [2.75, 3.05) is 6.07 Å². The molecule has 0 aliphatic rings. The summed E-state index contributed by atoms with van der Waals surface area (Å²) in [5, 5.41) is 7.79. The van der Waals surface area contributed by atoms with Crippen molar-refractivity contribution >= 4 is 22.5 Å². The molecule has 5 nitrogen and oxygen atoms in total. The van der Waals surface area contributed by atoms with Gasteiger partial charge < -0.3 is 4.84 Å². The molecule has 0 spiro atoms. The number of aromatic nitrogens is 3. The first kappa shape index (κ1) is 8.96. The van der Waals surface area contributed by atoms with Crippen molar-refractivity contribution in [1.82, 2.24) is 15.2 Å². The predicted octanol–water partition coefficient (Wildman–Crippen LogP) is 0.416. The maximum atomic E-state index is 11.6. The van der Waals surface area contributed by atoms with E-state index in [1.807, 2.05) is 0 Å². The Labute approximate surface area is 83.8 Å². The number of alkyl halides is 1. The van der Waals surface area contributed by atoms with Gasteiger partial charge in [0.1, 0.15) is 5.52 Å². The molecule has 14 heavy (non-hydrogen) atoms. The molecule has 1 aromatic heterocycles. The van der Waals surface area contributed by atoms with Gasteiger partial charge in [0, 0.05) is 0 Å². The van der Waals surface area contributed by atoms with Gasteiger partial charge in [0.05, 0.1) is 5.39 Å². The molecule has 0 aliphatic carbocycles. The summed E-state index contributed by atoms with van der Waals surface area (Å²) in [6.45, 7) is 0. The van der Waals surface area contributed by atoms with Gasteiger partial charge in [0.2, 0.25) is 0 Å². The molecule has 1 aromatic carbocycles. The minimum absolute atomic E-state index is 0.146. The Morgan fingerprint density at radius 3 is 3.00 bits per heavy atom. The van der Waals surface area contributed by atoms with Gasteiger partial charge in [-0.15, -0.1) is 5.10 Å². The number of nitrogens with zero attached hydrogens (tertiary/aromatic N) is 3. The second-order valence-electron chi connectivity index (χ2n) is 2.52. The van der Waals surface area contributed by atoms with Crippen LogP contribution in [0, 0.1) is 0 Å². The number of hydrogen-bond donors (Lipinski definition) is 0. The van der Waals surface area contributed by atoms with Crippen LogP contribution in [0.5, 0.6) is 0 Å². The summed E-state index contributed by atoms with van der Waals surface area (Å²) in [5.41, 5.74) is 0.170. The number of rotatable bonds is 2. The monoisotopic (exact) mass is 211 g/mol. The first-order valence-corrected chi connectivity index (χ1v) is 4.40. The van der Waals surface area contributed by atoms with Crippen molar-refractivity contribution in [3.63, 3.8) is 0 Å². The normalized spacial score (nSPS) is 10.4. The highest BCUT2D eigenvalue weighted by molar-refractivity contribution is 6.17. The van der Waals surface area contributed by atoms with Crippen molar-refractivity contribution < 1.29 is 4.84 Å². The fraction of sp³-hybridized carbons (Fsp3) is 0.125. The van der Waals surface area contributed by atoms with Crippen molar-refractivity contribution in [3.8, 4) is 0 Å². The van der Waals surface area contributed by atoms with Crippen LogP contribution in [0.15, 0.2) is 29.1 Å². The molecule has 0 unspecified atom stereocenters. The molecule has 2 aromatic rings. The second-order valence-corrected chi connectivity index (χ2v) is 2.74. The molecule has 0 radical (unpaired) electrons. The molecule has 0 atom stereocenters. The van der Waals surface area contributed by atoms with E-state index < -0.39 is 0 Å². The third-order valence-electron chi connectivity index (χ3n) is 1.71. The summed E-state index contributed by atoms with van der Waals surface area (Å²) in [6, 6.07) is 6.74. The van der Waals surface area contributed by atoms with Crippen LogP contribution in [0.3, 0.4) is 0 Å². The van der Waals surface area contributed by atoms with Crippen molar-refractivity contribution in [1.29, 1.82) is 0 Å². The molecule has 0 N–H and O–H groups in total. The quantitative estimate of drug-likeness (QED) is 0.676. The molecule has 6 heteroatoms. The summed E-state index contributed by atoms with van der Waals surface area (Å²) in [7, 11) is 0. The van der Waals surface area contributed by atoms with Crippen LogP contribution in [0.4, 0.5) is 0 Å². The molecule has 2 rings (SSSR count). The summed E-state index contributed by atoms with van der Waals surface area (Å²) >= 11 is 5.31. The van der Waals surface area contributed by atoms with Crippen molar-refractivity contribution in [2.24, 2.45) is 0 Å². The topological polar surface area (TPSA) is 57.0 Å². The van der Waals surface area contributed by atoms with Gasteiger partial charge in [-0.1, -0.05) is 23.7 Å². The van der Waals surface area contributed by atoms with Crippen LogP contribution in [0.2, 0.25) is 0 Å². The van der Waals surface area contributed by atoms with E-state index in [9.17, 15) is 4.79 Å². The van der Waals surface area contributed by atoms with Gasteiger partial charge >= 0.3 is 5.56 Å². The molecule has 0 amide bonds. The van der Waals surface area contributed by atoms with Crippen molar-refractivity contribution in [2.45, 2.75) is 0 Å². The number of halogens is 1. The lowest BCUT2D eigenvalue weighted by Crippen LogP contribution is -2.29. The molecule has 0 saturated heterocycles. The lowest BCUT2D eigenvalue weighted by Gasteiger charge is -2.02. The summed E-state index contributed by atoms with van der Waals surface area (Å²) in [6.07, 6.45) is 0. The van der Waals surface area contributed by atoms with Crippen LogP contribution in [0.25, 0.3) is 10.9 Å². The number of hydrogen-bond acceptors (Lipinski definition) is 4. The third kappa shape index (κ3) is 1.42. The molecular weight excluding hydrogens is 206 g/mol. The Hall–Kier alpha value is -1.62. The van der Waals surface area contributed by atoms with Crippen LogP contribution in [-0.4, -0.2) is 21.2 Å². The molecular formula is C8H6ClN3O2. The second kappa shape index (κ2) is 3.63. The van der Waals surface area contributed by atoms with Gasteiger partial charge in [-0.05, 0) is 22.2 Å². The van der Waals surface area contributed by atoms with Gasteiger partial charge in [-0.2, -0.15) is 0 Å². The molecule has 0 aliphatic heterocycles. The van der Waals surface area contributed by atoms with Crippen LogP contribution < -0.4 is 10.4 Å². The Morgan fingerprint density at radius 1 is 1.43 bits per heavy atom.